The van der Waals surface area contributed by atoms with Crippen molar-refractivity contribution in [1.82, 2.24) is 0 Å². The first kappa shape index (κ1) is 15.7. The molecule has 0 amide bonds. The molecule has 20 heavy (non-hydrogen) atoms. The summed E-state index contributed by atoms with van der Waals surface area (Å²) in [5.74, 6) is 0. The van der Waals surface area contributed by atoms with E-state index in [0.717, 1.165) is 6.07 Å². The molecule has 2 rings (SSSR count). The lowest BCUT2D eigenvalue weighted by Gasteiger charge is -2.14. The number of benzene rings is 2. The summed E-state index contributed by atoms with van der Waals surface area (Å²) >= 11 is 15.1. The molecular formula is C14H8BrCl2F3. The molecule has 0 aliphatic heterocycles. The third-order valence-corrected chi connectivity index (χ3v) is 4.04. The zero-order chi connectivity index (χ0) is 14.9. The standard InChI is InChI=1S/C14H8BrCl2F3/c15-7-9-5-4-8(6-10(9)14(18,19)20)13-11(16)2-1-3-12(13)17/h1-6H,7H2. The Balaban J connectivity index is 2.66. The minimum atomic E-state index is -4.42. The summed E-state index contributed by atoms with van der Waals surface area (Å²) in [5.41, 5.74) is 0.229. The summed E-state index contributed by atoms with van der Waals surface area (Å²) in [6.07, 6.45) is -4.42. The number of rotatable bonds is 2. The lowest BCUT2D eigenvalue weighted by Crippen LogP contribution is -2.08. The Kier molecular flexibility index (Phi) is 4.67. The maximum atomic E-state index is 13.0. The molecule has 0 unspecified atom stereocenters. The molecule has 0 saturated heterocycles. The van der Waals surface area contributed by atoms with Crippen LogP contribution < -0.4 is 0 Å². The van der Waals surface area contributed by atoms with Crippen molar-refractivity contribution in [2.45, 2.75) is 11.5 Å². The average molecular weight is 384 g/mol. The summed E-state index contributed by atoms with van der Waals surface area (Å²) in [4.78, 5) is 0. The highest BCUT2D eigenvalue weighted by Gasteiger charge is 2.33. The van der Waals surface area contributed by atoms with Crippen LogP contribution in [-0.2, 0) is 11.5 Å². The Labute approximate surface area is 132 Å². The number of alkyl halides is 4. The molecule has 0 nitrogen and oxygen atoms in total. The van der Waals surface area contributed by atoms with Crippen molar-refractivity contribution in [3.63, 3.8) is 0 Å². The van der Waals surface area contributed by atoms with Crippen molar-refractivity contribution in [1.29, 1.82) is 0 Å². The molecule has 2 aromatic rings. The van der Waals surface area contributed by atoms with Crippen LogP contribution in [0.25, 0.3) is 11.1 Å². The van der Waals surface area contributed by atoms with Gasteiger partial charge in [-0.05, 0) is 29.3 Å². The molecule has 0 atom stereocenters. The Morgan fingerprint density at radius 3 is 2.10 bits per heavy atom. The zero-order valence-electron chi connectivity index (χ0n) is 9.94. The van der Waals surface area contributed by atoms with Gasteiger partial charge in [0.25, 0.3) is 0 Å². The van der Waals surface area contributed by atoms with E-state index < -0.39 is 11.7 Å². The molecule has 0 aromatic heterocycles. The second kappa shape index (κ2) is 5.96. The molecule has 0 heterocycles. The molecular weight excluding hydrogens is 376 g/mol. The van der Waals surface area contributed by atoms with E-state index in [2.05, 4.69) is 15.9 Å². The van der Waals surface area contributed by atoms with Crippen LogP contribution in [0.5, 0.6) is 0 Å². The van der Waals surface area contributed by atoms with Gasteiger partial charge < -0.3 is 0 Å². The van der Waals surface area contributed by atoms with Gasteiger partial charge in [-0.15, -0.1) is 0 Å². The lowest BCUT2D eigenvalue weighted by atomic mass is 9.99. The fourth-order valence-corrected chi connectivity index (χ4v) is 2.99. The van der Waals surface area contributed by atoms with E-state index in [1.807, 2.05) is 0 Å². The van der Waals surface area contributed by atoms with Crippen LogP contribution in [0.1, 0.15) is 11.1 Å². The van der Waals surface area contributed by atoms with Gasteiger partial charge in [0.15, 0.2) is 0 Å². The van der Waals surface area contributed by atoms with Gasteiger partial charge >= 0.3 is 6.18 Å². The summed E-state index contributed by atoms with van der Waals surface area (Å²) in [5, 5.41) is 0.757. The zero-order valence-corrected chi connectivity index (χ0v) is 13.0. The van der Waals surface area contributed by atoms with Crippen LogP contribution in [0.15, 0.2) is 36.4 Å². The highest BCUT2D eigenvalue weighted by atomic mass is 79.9. The second-order valence-electron chi connectivity index (χ2n) is 4.10. The van der Waals surface area contributed by atoms with Gasteiger partial charge in [0.05, 0.1) is 5.56 Å². The first-order valence-corrected chi connectivity index (χ1v) is 7.43. The van der Waals surface area contributed by atoms with Crippen molar-refractivity contribution in [3.8, 4) is 11.1 Å². The van der Waals surface area contributed by atoms with Gasteiger partial charge in [0.2, 0.25) is 0 Å². The molecule has 0 spiro atoms. The van der Waals surface area contributed by atoms with E-state index in [4.69, 9.17) is 23.2 Å². The van der Waals surface area contributed by atoms with Gasteiger partial charge in [-0.25, -0.2) is 0 Å². The summed E-state index contributed by atoms with van der Waals surface area (Å²) in [6.45, 7) is 0. The molecule has 0 radical (unpaired) electrons. The van der Waals surface area contributed by atoms with Gasteiger partial charge in [0, 0.05) is 20.9 Å². The summed E-state index contributed by atoms with van der Waals surface area (Å²) < 4.78 is 39.1. The third kappa shape index (κ3) is 3.13. The summed E-state index contributed by atoms with van der Waals surface area (Å²) in [6, 6.07) is 8.91. The third-order valence-electron chi connectivity index (χ3n) is 2.81. The Bertz CT molecular complexity index is 619. The largest absolute Gasteiger partial charge is 0.416 e. The molecule has 2 aromatic carbocycles. The van der Waals surface area contributed by atoms with E-state index in [1.165, 1.54) is 6.07 Å². The van der Waals surface area contributed by atoms with E-state index in [1.54, 1.807) is 24.3 Å². The minimum Gasteiger partial charge on any atom is -0.166 e. The molecule has 6 heteroatoms. The normalized spacial score (nSPS) is 11.7. The quantitative estimate of drug-likeness (QED) is 0.514. The van der Waals surface area contributed by atoms with Crippen molar-refractivity contribution in [3.05, 3.63) is 57.6 Å². The van der Waals surface area contributed by atoms with Crippen molar-refractivity contribution < 1.29 is 13.2 Å². The predicted octanol–water partition coefficient (Wildman–Crippen LogP) is 6.57. The monoisotopic (exact) mass is 382 g/mol. The fraction of sp³-hybridized carbons (Fsp3) is 0.143. The topological polar surface area (TPSA) is 0 Å². The van der Waals surface area contributed by atoms with Crippen molar-refractivity contribution in [2.24, 2.45) is 0 Å². The second-order valence-corrected chi connectivity index (χ2v) is 5.48. The first-order chi connectivity index (χ1) is 9.34. The van der Waals surface area contributed by atoms with Crippen LogP contribution in [-0.4, -0.2) is 0 Å². The number of hydrogen-bond donors (Lipinski definition) is 0. The van der Waals surface area contributed by atoms with Crippen LogP contribution in [0, 0.1) is 0 Å². The van der Waals surface area contributed by atoms with Gasteiger partial charge in [0.1, 0.15) is 0 Å². The molecule has 0 aliphatic carbocycles. The fourth-order valence-electron chi connectivity index (χ4n) is 1.89. The van der Waals surface area contributed by atoms with E-state index in [-0.39, 0.29) is 10.9 Å². The molecule has 0 N–H and O–H groups in total. The SMILES string of the molecule is FC(F)(F)c1cc(-c2c(Cl)cccc2Cl)ccc1CBr. The lowest BCUT2D eigenvalue weighted by molar-refractivity contribution is -0.138. The van der Waals surface area contributed by atoms with Gasteiger partial charge in [-0.3, -0.25) is 0 Å². The summed E-state index contributed by atoms with van der Waals surface area (Å²) in [7, 11) is 0. The van der Waals surface area contributed by atoms with Crippen LogP contribution in [0.4, 0.5) is 13.2 Å². The van der Waals surface area contributed by atoms with Crippen LogP contribution in [0.2, 0.25) is 10.0 Å². The van der Waals surface area contributed by atoms with Crippen molar-refractivity contribution in [2.75, 3.05) is 0 Å². The highest BCUT2D eigenvalue weighted by Crippen LogP contribution is 2.39. The molecule has 0 fully saturated rings. The molecule has 106 valence electrons. The molecule has 0 aliphatic rings. The number of halogens is 6. The predicted molar refractivity (Wildman–Crippen MR) is 79.5 cm³/mol. The van der Waals surface area contributed by atoms with E-state index >= 15 is 0 Å². The number of hydrogen-bond acceptors (Lipinski definition) is 0. The van der Waals surface area contributed by atoms with Crippen LogP contribution >= 0.6 is 39.1 Å². The smallest absolute Gasteiger partial charge is 0.166 e. The molecule has 0 bridgehead atoms. The van der Waals surface area contributed by atoms with Crippen molar-refractivity contribution >= 4 is 39.1 Å². The average Bonchev–Trinajstić information content (AvgIpc) is 2.37. The first-order valence-electron chi connectivity index (χ1n) is 5.55. The van der Waals surface area contributed by atoms with Gasteiger partial charge in [-0.1, -0.05) is 57.3 Å². The Morgan fingerprint density at radius 1 is 1.00 bits per heavy atom. The maximum absolute atomic E-state index is 13.0. The van der Waals surface area contributed by atoms with Gasteiger partial charge in [-0.2, -0.15) is 13.2 Å². The maximum Gasteiger partial charge on any atom is 0.416 e. The Hall–Kier alpha value is -0.710. The minimum absolute atomic E-state index is 0.123. The Morgan fingerprint density at radius 2 is 1.60 bits per heavy atom. The van der Waals surface area contributed by atoms with Crippen LogP contribution in [0.3, 0.4) is 0 Å². The van der Waals surface area contributed by atoms with E-state index in [0.29, 0.717) is 21.2 Å². The highest BCUT2D eigenvalue weighted by molar-refractivity contribution is 9.08. The molecule has 0 saturated carbocycles. The van der Waals surface area contributed by atoms with E-state index in [9.17, 15) is 13.2 Å².